The van der Waals surface area contributed by atoms with Crippen LogP contribution in [-0.2, 0) is 0 Å². The summed E-state index contributed by atoms with van der Waals surface area (Å²) in [6.45, 7) is 4.92. The zero-order valence-corrected chi connectivity index (χ0v) is 24.1. The molecule has 1 aromatic carbocycles. The Labute approximate surface area is 231 Å². The van der Waals surface area contributed by atoms with Gasteiger partial charge >= 0.3 is 0 Å². The van der Waals surface area contributed by atoms with E-state index < -0.39 is 11.6 Å². The molecule has 0 aromatic heterocycles. The van der Waals surface area contributed by atoms with Crippen LogP contribution in [0.4, 0.5) is 8.78 Å². The number of allylic oxidation sites excluding steroid dienone is 3. The molecule has 4 rings (SSSR count). The van der Waals surface area contributed by atoms with Gasteiger partial charge in [0.1, 0.15) is 0 Å². The van der Waals surface area contributed by atoms with Crippen molar-refractivity contribution in [3.63, 3.8) is 0 Å². The number of hydrogen-bond acceptors (Lipinski definition) is 1. The minimum Gasteiger partial charge on any atom is -0.490 e. The van der Waals surface area contributed by atoms with Crippen molar-refractivity contribution in [3.05, 3.63) is 53.6 Å². The van der Waals surface area contributed by atoms with E-state index in [1.54, 1.807) is 12.1 Å². The number of unbranched alkanes of at least 4 members (excludes halogenated alkanes) is 2. The van der Waals surface area contributed by atoms with Crippen LogP contribution in [0.25, 0.3) is 0 Å². The van der Waals surface area contributed by atoms with E-state index in [4.69, 9.17) is 4.74 Å². The molecule has 0 saturated heterocycles. The van der Waals surface area contributed by atoms with Gasteiger partial charge in [-0.15, -0.1) is 0 Å². The molecule has 0 N–H and O–H groups in total. The van der Waals surface area contributed by atoms with Crippen molar-refractivity contribution in [2.45, 2.75) is 122 Å². The van der Waals surface area contributed by atoms with Gasteiger partial charge in [0.25, 0.3) is 0 Å². The zero-order chi connectivity index (χ0) is 26.7. The molecule has 3 aliphatic carbocycles. The van der Waals surface area contributed by atoms with Crippen LogP contribution in [-0.4, -0.2) is 6.61 Å². The van der Waals surface area contributed by atoms with E-state index in [2.05, 4.69) is 38.2 Å². The molecule has 2 unspecified atom stereocenters. The summed E-state index contributed by atoms with van der Waals surface area (Å²) in [5.74, 6) is 1.91. The molecule has 0 bridgehead atoms. The fraction of sp³-hybridized carbons (Fsp3) is 0.714. The van der Waals surface area contributed by atoms with Gasteiger partial charge in [-0.25, -0.2) is 4.39 Å². The Morgan fingerprint density at radius 1 is 0.711 bits per heavy atom. The average molecular weight is 527 g/mol. The Morgan fingerprint density at radius 2 is 1.37 bits per heavy atom. The Morgan fingerprint density at radius 3 is 2.00 bits per heavy atom. The lowest BCUT2D eigenvalue weighted by Gasteiger charge is -2.29. The van der Waals surface area contributed by atoms with Crippen LogP contribution in [0, 0.1) is 41.2 Å². The van der Waals surface area contributed by atoms with Crippen LogP contribution in [0.2, 0.25) is 0 Å². The highest BCUT2D eigenvalue weighted by Crippen LogP contribution is 2.40. The SMILES string of the molecule is CCCCCC1CCC(/C=C/C2CCC(c3ccc(OCC4C=CC(CCC)CC4)c(F)c3F)CC2)CC1. The lowest BCUT2D eigenvalue weighted by Crippen LogP contribution is -2.17. The molecular formula is C35H52F2O. The van der Waals surface area contributed by atoms with Crippen molar-refractivity contribution in [2.75, 3.05) is 6.61 Å². The van der Waals surface area contributed by atoms with Gasteiger partial charge in [0, 0.05) is 5.92 Å². The summed E-state index contributed by atoms with van der Waals surface area (Å²) in [6, 6.07) is 3.44. The van der Waals surface area contributed by atoms with Crippen LogP contribution in [0.15, 0.2) is 36.4 Å². The molecule has 2 atom stereocenters. The predicted molar refractivity (Wildman–Crippen MR) is 156 cm³/mol. The topological polar surface area (TPSA) is 9.23 Å². The zero-order valence-electron chi connectivity index (χ0n) is 24.1. The summed E-state index contributed by atoms with van der Waals surface area (Å²) in [5.41, 5.74) is 0.540. The number of benzene rings is 1. The summed E-state index contributed by atoms with van der Waals surface area (Å²) in [7, 11) is 0. The molecule has 1 aromatic rings. The largest absolute Gasteiger partial charge is 0.490 e. The first-order valence-electron chi connectivity index (χ1n) is 16.0. The molecule has 0 amide bonds. The van der Waals surface area contributed by atoms with E-state index in [0.717, 1.165) is 50.4 Å². The highest BCUT2D eigenvalue weighted by molar-refractivity contribution is 5.33. The van der Waals surface area contributed by atoms with Crippen molar-refractivity contribution in [3.8, 4) is 5.75 Å². The Kier molecular flexibility index (Phi) is 11.8. The van der Waals surface area contributed by atoms with Gasteiger partial charge in [-0.3, -0.25) is 0 Å². The second kappa shape index (κ2) is 15.2. The summed E-state index contributed by atoms with van der Waals surface area (Å²) >= 11 is 0. The quantitative estimate of drug-likeness (QED) is 0.194. The molecule has 0 spiro atoms. The van der Waals surface area contributed by atoms with Crippen molar-refractivity contribution in [1.82, 2.24) is 0 Å². The summed E-state index contributed by atoms with van der Waals surface area (Å²) in [5, 5.41) is 0. The van der Waals surface area contributed by atoms with Gasteiger partial charge in [-0.1, -0.05) is 76.3 Å². The van der Waals surface area contributed by atoms with E-state index in [1.807, 2.05) is 0 Å². The van der Waals surface area contributed by atoms with Crippen LogP contribution >= 0.6 is 0 Å². The smallest absolute Gasteiger partial charge is 0.200 e. The number of ether oxygens (including phenoxy) is 1. The van der Waals surface area contributed by atoms with Crippen molar-refractivity contribution in [2.24, 2.45) is 29.6 Å². The second-order valence-corrected chi connectivity index (χ2v) is 12.6. The van der Waals surface area contributed by atoms with Gasteiger partial charge in [0.15, 0.2) is 11.6 Å². The molecule has 0 heterocycles. The highest BCUT2D eigenvalue weighted by atomic mass is 19.2. The normalized spacial score (nSPS) is 30.1. The van der Waals surface area contributed by atoms with Crippen LogP contribution < -0.4 is 4.74 Å². The third-order valence-corrected chi connectivity index (χ3v) is 9.73. The Balaban J connectivity index is 1.20. The minimum absolute atomic E-state index is 0.0621. The van der Waals surface area contributed by atoms with Gasteiger partial charge in [0.05, 0.1) is 6.61 Å². The number of rotatable bonds is 12. The monoisotopic (exact) mass is 526 g/mol. The number of hydrogen-bond donors (Lipinski definition) is 0. The van der Waals surface area contributed by atoms with E-state index in [0.29, 0.717) is 24.0 Å². The first kappa shape index (κ1) is 29.3. The van der Waals surface area contributed by atoms with Crippen LogP contribution in [0.5, 0.6) is 5.75 Å². The van der Waals surface area contributed by atoms with Crippen LogP contribution in [0.1, 0.15) is 128 Å². The third kappa shape index (κ3) is 8.43. The average Bonchev–Trinajstić information content (AvgIpc) is 2.95. The fourth-order valence-corrected chi connectivity index (χ4v) is 7.14. The Hall–Kier alpha value is -1.64. The summed E-state index contributed by atoms with van der Waals surface area (Å²) < 4.78 is 35.8. The first-order valence-corrected chi connectivity index (χ1v) is 16.0. The van der Waals surface area contributed by atoms with Crippen LogP contribution in [0.3, 0.4) is 0 Å². The highest BCUT2D eigenvalue weighted by Gasteiger charge is 2.27. The van der Waals surface area contributed by atoms with E-state index >= 15 is 4.39 Å². The Bertz CT molecular complexity index is 889. The third-order valence-electron chi connectivity index (χ3n) is 9.73. The van der Waals surface area contributed by atoms with Gasteiger partial charge < -0.3 is 4.74 Å². The van der Waals surface area contributed by atoms with E-state index in [9.17, 15) is 4.39 Å². The molecule has 2 saturated carbocycles. The molecule has 0 aliphatic heterocycles. The molecule has 1 nitrogen and oxygen atoms in total. The van der Waals surface area contributed by atoms with Gasteiger partial charge in [-0.05, 0) is 112 Å². The van der Waals surface area contributed by atoms with Gasteiger partial charge in [0.2, 0.25) is 5.82 Å². The van der Waals surface area contributed by atoms with Crippen molar-refractivity contribution >= 4 is 0 Å². The summed E-state index contributed by atoms with van der Waals surface area (Å²) in [6.07, 6.45) is 29.1. The molecular weight excluding hydrogens is 474 g/mol. The molecule has 212 valence electrons. The van der Waals surface area contributed by atoms with E-state index in [-0.39, 0.29) is 17.6 Å². The molecule has 2 fully saturated rings. The maximum atomic E-state index is 15.1. The standard InChI is InChI=1S/C35H52F2O/c1-3-5-6-8-27-9-11-28(12-10-27)13-14-29-19-21-31(22-20-29)32-23-24-33(35(37)34(32)36)38-25-30-17-15-26(7-4-2)16-18-30/h13-15,17,23-24,26-31H,3-12,16,18-22,25H2,1-2H3/b14-13+. The maximum Gasteiger partial charge on any atom is 0.200 e. The molecule has 3 heteroatoms. The van der Waals surface area contributed by atoms with Crippen molar-refractivity contribution in [1.29, 1.82) is 0 Å². The fourth-order valence-electron chi connectivity index (χ4n) is 7.14. The molecule has 3 aliphatic rings. The minimum atomic E-state index is -0.807. The predicted octanol–water partition coefficient (Wildman–Crippen LogP) is 10.9. The lowest BCUT2D eigenvalue weighted by molar-refractivity contribution is 0.241. The van der Waals surface area contributed by atoms with Crippen molar-refractivity contribution < 1.29 is 13.5 Å². The maximum absolute atomic E-state index is 15.1. The van der Waals surface area contributed by atoms with E-state index in [1.165, 1.54) is 64.2 Å². The first-order chi connectivity index (χ1) is 18.6. The number of halogens is 2. The summed E-state index contributed by atoms with van der Waals surface area (Å²) in [4.78, 5) is 0. The molecule has 0 radical (unpaired) electrons. The molecule has 38 heavy (non-hydrogen) atoms. The lowest BCUT2D eigenvalue weighted by atomic mass is 9.76. The van der Waals surface area contributed by atoms with Gasteiger partial charge in [-0.2, -0.15) is 4.39 Å². The second-order valence-electron chi connectivity index (χ2n) is 12.6.